The van der Waals surface area contributed by atoms with Crippen molar-refractivity contribution < 1.29 is 22.1 Å². The molecule has 0 spiro atoms. The van der Waals surface area contributed by atoms with Crippen molar-refractivity contribution in [2.45, 2.75) is 23.8 Å². The van der Waals surface area contributed by atoms with Gasteiger partial charge in [-0.2, -0.15) is 0 Å². The molecule has 0 unspecified atom stereocenters. The minimum absolute atomic E-state index is 0.131. The van der Waals surface area contributed by atoms with Crippen molar-refractivity contribution in [3.05, 3.63) is 28.3 Å². The second-order valence-electron chi connectivity index (χ2n) is 5.26. The number of sulfonamides is 1. The Bertz CT molecular complexity index is 698. The van der Waals surface area contributed by atoms with E-state index in [4.69, 9.17) is 5.14 Å². The first-order chi connectivity index (χ1) is 10.7. The lowest BCUT2D eigenvalue weighted by Gasteiger charge is -2.17. The third-order valence-electron chi connectivity index (χ3n) is 3.52. The molecule has 1 aliphatic rings. The van der Waals surface area contributed by atoms with Gasteiger partial charge in [-0.1, -0.05) is 0 Å². The molecule has 1 heterocycles. The average Bonchev–Trinajstić information content (AvgIpc) is 2.84. The van der Waals surface area contributed by atoms with Gasteiger partial charge in [0, 0.05) is 25.2 Å². The smallest absolute Gasteiger partial charge is 0.293 e. The van der Waals surface area contributed by atoms with Crippen molar-refractivity contribution >= 4 is 21.4 Å². The second kappa shape index (κ2) is 6.72. The number of likely N-dealkylation sites (tertiary alicyclic amines) is 1. The largest absolute Gasteiger partial charge is 0.375 e. The first-order valence-corrected chi connectivity index (χ1v) is 8.29. The predicted octanol–water partition coefficient (Wildman–Crippen LogP) is 0.994. The zero-order valence-corrected chi connectivity index (χ0v) is 12.8. The van der Waals surface area contributed by atoms with Gasteiger partial charge in [0.15, 0.2) is 0 Å². The predicted molar refractivity (Wildman–Crippen MR) is 78.9 cm³/mol. The molecule has 3 N–H and O–H groups in total. The normalized spacial score (nSPS) is 19.2. The van der Waals surface area contributed by atoms with Gasteiger partial charge < -0.3 is 5.32 Å². The maximum absolute atomic E-state index is 12.3. The molecule has 128 valence electrons. The lowest BCUT2D eigenvalue weighted by atomic mass is 10.2. The molecule has 1 aromatic rings. The zero-order valence-electron chi connectivity index (χ0n) is 12.0. The average molecular weight is 350 g/mol. The Hall–Kier alpha value is -1.85. The molecule has 8 nitrogen and oxygen atoms in total. The van der Waals surface area contributed by atoms with Crippen LogP contribution >= 0.6 is 0 Å². The summed E-state index contributed by atoms with van der Waals surface area (Å²) in [6.07, 6.45) is -1.88. The van der Waals surface area contributed by atoms with E-state index in [1.54, 1.807) is 4.90 Å². The number of rotatable bonds is 6. The van der Waals surface area contributed by atoms with Gasteiger partial charge in [-0.05, 0) is 18.6 Å². The zero-order chi connectivity index (χ0) is 17.2. The summed E-state index contributed by atoms with van der Waals surface area (Å²) < 4.78 is 47.2. The fourth-order valence-corrected chi connectivity index (χ4v) is 3.03. The van der Waals surface area contributed by atoms with Crippen LogP contribution in [0.3, 0.4) is 0 Å². The molecule has 0 amide bonds. The van der Waals surface area contributed by atoms with Gasteiger partial charge >= 0.3 is 0 Å². The topological polar surface area (TPSA) is 119 Å². The molecule has 2 rings (SSSR count). The van der Waals surface area contributed by atoms with E-state index < -0.39 is 27.1 Å². The molecular formula is C12H16F2N4O4S. The highest BCUT2D eigenvalue weighted by molar-refractivity contribution is 7.89. The highest BCUT2D eigenvalue weighted by Crippen LogP contribution is 2.29. The summed E-state index contributed by atoms with van der Waals surface area (Å²) in [6.45, 7) is 0.453. The number of hydrogen-bond acceptors (Lipinski definition) is 6. The Morgan fingerprint density at radius 1 is 1.48 bits per heavy atom. The molecule has 23 heavy (non-hydrogen) atoms. The number of nitrogens with two attached hydrogens (primary N) is 1. The van der Waals surface area contributed by atoms with Crippen molar-refractivity contribution in [1.82, 2.24) is 4.90 Å². The SMILES string of the molecule is NS(=O)(=O)c1ccc(N[C@H]2CCN(CC(F)F)C2)c([N+](=O)[O-])c1. The Morgan fingerprint density at radius 2 is 2.17 bits per heavy atom. The summed E-state index contributed by atoms with van der Waals surface area (Å²) in [6, 6.07) is 3.07. The van der Waals surface area contributed by atoms with Gasteiger partial charge in [-0.3, -0.25) is 15.0 Å². The minimum atomic E-state index is -4.05. The number of nitro benzene ring substituents is 1. The van der Waals surface area contributed by atoms with Crippen LogP contribution in [-0.2, 0) is 10.0 Å². The van der Waals surface area contributed by atoms with Gasteiger partial charge in [0.05, 0.1) is 16.4 Å². The van der Waals surface area contributed by atoms with Gasteiger partial charge in [0.2, 0.25) is 10.0 Å². The number of primary sulfonamides is 1. The van der Waals surface area contributed by atoms with Gasteiger partial charge in [-0.25, -0.2) is 22.3 Å². The van der Waals surface area contributed by atoms with Crippen LogP contribution in [0.15, 0.2) is 23.1 Å². The van der Waals surface area contributed by atoms with Crippen molar-refractivity contribution in [1.29, 1.82) is 0 Å². The molecular weight excluding hydrogens is 334 g/mol. The molecule has 0 aromatic heterocycles. The van der Waals surface area contributed by atoms with Crippen LogP contribution < -0.4 is 10.5 Å². The van der Waals surface area contributed by atoms with Gasteiger partial charge in [0.25, 0.3) is 12.1 Å². The maximum Gasteiger partial charge on any atom is 0.293 e. The molecule has 1 atom stereocenters. The van der Waals surface area contributed by atoms with E-state index in [0.29, 0.717) is 19.5 Å². The van der Waals surface area contributed by atoms with Crippen LogP contribution in [0.5, 0.6) is 0 Å². The summed E-state index contributed by atoms with van der Waals surface area (Å²) >= 11 is 0. The van der Waals surface area contributed by atoms with E-state index in [1.807, 2.05) is 0 Å². The highest BCUT2D eigenvalue weighted by atomic mass is 32.2. The molecule has 0 aliphatic carbocycles. The Labute approximate surface area is 131 Å². The lowest BCUT2D eigenvalue weighted by Crippen LogP contribution is -2.30. The van der Waals surface area contributed by atoms with E-state index in [-0.39, 0.29) is 23.2 Å². The minimum Gasteiger partial charge on any atom is -0.375 e. The van der Waals surface area contributed by atoms with Gasteiger partial charge in [0.1, 0.15) is 5.69 Å². The fourth-order valence-electron chi connectivity index (χ4n) is 2.49. The number of alkyl halides is 2. The number of halogens is 2. The van der Waals surface area contributed by atoms with E-state index >= 15 is 0 Å². The second-order valence-corrected chi connectivity index (χ2v) is 6.82. The molecule has 1 aromatic carbocycles. The molecule has 1 saturated heterocycles. The van der Waals surface area contributed by atoms with Crippen molar-refractivity contribution in [3.63, 3.8) is 0 Å². The van der Waals surface area contributed by atoms with Crippen molar-refractivity contribution in [2.75, 3.05) is 25.0 Å². The van der Waals surface area contributed by atoms with E-state index in [0.717, 1.165) is 12.1 Å². The lowest BCUT2D eigenvalue weighted by molar-refractivity contribution is -0.384. The summed E-state index contributed by atoms with van der Waals surface area (Å²) in [4.78, 5) is 11.6. The van der Waals surface area contributed by atoms with Crippen molar-refractivity contribution in [2.24, 2.45) is 5.14 Å². The monoisotopic (exact) mass is 350 g/mol. The van der Waals surface area contributed by atoms with Crippen LogP contribution in [-0.4, -0.2) is 50.3 Å². The summed E-state index contributed by atoms with van der Waals surface area (Å²) in [5, 5.41) is 19.0. The number of nitrogens with one attached hydrogen (secondary N) is 1. The number of benzene rings is 1. The van der Waals surface area contributed by atoms with Crippen LogP contribution in [0, 0.1) is 10.1 Å². The summed E-state index contributed by atoms with van der Waals surface area (Å²) in [5.74, 6) is 0. The number of anilines is 1. The van der Waals surface area contributed by atoms with Crippen LogP contribution in [0.25, 0.3) is 0 Å². The fraction of sp³-hybridized carbons (Fsp3) is 0.500. The number of hydrogen-bond donors (Lipinski definition) is 2. The molecule has 1 aliphatic heterocycles. The molecule has 0 radical (unpaired) electrons. The Morgan fingerprint density at radius 3 is 2.74 bits per heavy atom. The molecule has 11 heteroatoms. The van der Waals surface area contributed by atoms with E-state index in [1.165, 1.54) is 6.07 Å². The molecule has 1 fully saturated rings. The van der Waals surface area contributed by atoms with Crippen LogP contribution in [0.1, 0.15) is 6.42 Å². The summed E-state index contributed by atoms with van der Waals surface area (Å²) in [7, 11) is -4.05. The maximum atomic E-state index is 12.3. The van der Waals surface area contributed by atoms with Crippen molar-refractivity contribution in [3.8, 4) is 0 Å². The Balaban J connectivity index is 2.16. The standard InChI is InChI=1S/C12H16F2N4O4S/c13-12(14)7-17-4-3-8(6-17)16-10-2-1-9(23(15,21)22)5-11(10)18(19)20/h1-2,5,8,12,16H,3-4,6-7H2,(H2,15,21,22)/t8-/m0/s1. The Kier molecular flexibility index (Phi) is 5.12. The third-order valence-corrected chi connectivity index (χ3v) is 4.43. The summed E-state index contributed by atoms with van der Waals surface area (Å²) in [5.41, 5.74) is -0.296. The van der Waals surface area contributed by atoms with E-state index in [9.17, 15) is 27.3 Å². The van der Waals surface area contributed by atoms with E-state index in [2.05, 4.69) is 5.32 Å². The first-order valence-electron chi connectivity index (χ1n) is 6.75. The third kappa shape index (κ3) is 4.56. The quantitative estimate of drug-likeness (QED) is 0.583. The van der Waals surface area contributed by atoms with Gasteiger partial charge in [-0.15, -0.1) is 0 Å². The number of nitrogens with zero attached hydrogens (tertiary/aromatic N) is 2. The number of nitro groups is 1. The highest BCUT2D eigenvalue weighted by Gasteiger charge is 2.27. The first kappa shape index (κ1) is 17.5. The van der Waals surface area contributed by atoms with Crippen LogP contribution in [0.2, 0.25) is 0 Å². The van der Waals surface area contributed by atoms with Crippen LogP contribution in [0.4, 0.5) is 20.2 Å². The molecule has 0 bridgehead atoms. The molecule has 0 saturated carbocycles.